The molecule has 0 saturated heterocycles. The number of carbonyl (C=O) groups excluding carboxylic acids is 1. The van der Waals surface area contributed by atoms with Crippen molar-refractivity contribution in [3.63, 3.8) is 0 Å². The Bertz CT molecular complexity index is 458. The first-order chi connectivity index (χ1) is 9.60. The number of ether oxygens (including phenoxy) is 1. The number of nitrogen functional groups attached to an aromatic ring is 1. The SMILES string of the molecule is COC(C)CCC(=O)N(Cc1cccc(N)c1)C1CC1. The molecule has 0 aromatic heterocycles. The van der Waals surface area contributed by atoms with Crippen LogP contribution in [0.2, 0.25) is 0 Å². The van der Waals surface area contributed by atoms with Gasteiger partial charge in [-0.3, -0.25) is 4.79 Å². The summed E-state index contributed by atoms with van der Waals surface area (Å²) in [5, 5.41) is 0. The molecule has 0 heterocycles. The number of carbonyl (C=O) groups is 1. The summed E-state index contributed by atoms with van der Waals surface area (Å²) < 4.78 is 5.20. The fourth-order valence-electron chi connectivity index (χ4n) is 2.28. The molecule has 0 radical (unpaired) electrons. The molecule has 1 aliphatic rings. The van der Waals surface area contributed by atoms with Gasteiger partial charge in [-0.05, 0) is 43.9 Å². The largest absolute Gasteiger partial charge is 0.399 e. The zero-order valence-electron chi connectivity index (χ0n) is 12.3. The van der Waals surface area contributed by atoms with Crippen LogP contribution in [-0.4, -0.2) is 30.1 Å². The van der Waals surface area contributed by atoms with Crippen molar-refractivity contribution < 1.29 is 9.53 Å². The number of rotatable bonds is 7. The Morgan fingerprint density at radius 1 is 1.50 bits per heavy atom. The van der Waals surface area contributed by atoms with Crippen LogP contribution in [0, 0.1) is 0 Å². The van der Waals surface area contributed by atoms with Gasteiger partial charge in [-0.15, -0.1) is 0 Å². The molecule has 1 unspecified atom stereocenters. The summed E-state index contributed by atoms with van der Waals surface area (Å²) in [6, 6.07) is 8.19. The summed E-state index contributed by atoms with van der Waals surface area (Å²) in [6.07, 6.45) is 3.69. The van der Waals surface area contributed by atoms with E-state index in [0.717, 1.165) is 30.5 Å². The van der Waals surface area contributed by atoms with Crippen LogP contribution in [-0.2, 0) is 16.1 Å². The van der Waals surface area contributed by atoms with Crippen LogP contribution in [0.3, 0.4) is 0 Å². The van der Waals surface area contributed by atoms with Crippen molar-refractivity contribution >= 4 is 11.6 Å². The highest BCUT2D eigenvalue weighted by atomic mass is 16.5. The van der Waals surface area contributed by atoms with E-state index in [1.807, 2.05) is 36.1 Å². The van der Waals surface area contributed by atoms with Crippen molar-refractivity contribution in [2.24, 2.45) is 0 Å². The highest BCUT2D eigenvalue weighted by Gasteiger charge is 2.32. The van der Waals surface area contributed by atoms with E-state index < -0.39 is 0 Å². The van der Waals surface area contributed by atoms with E-state index >= 15 is 0 Å². The minimum absolute atomic E-state index is 0.132. The lowest BCUT2D eigenvalue weighted by atomic mass is 10.1. The zero-order chi connectivity index (χ0) is 14.5. The Labute approximate surface area is 120 Å². The monoisotopic (exact) mass is 276 g/mol. The Morgan fingerprint density at radius 2 is 2.25 bits per heavy atom. The number of benzene rings is 1. The van der Waals surface area contributed by atoms with Gasteiger partial charge in [0.1, 0.15) is 0 Å². The minimum atomic E-state index is 0.132. The summed E-state index contributed by atoms with van der Waals surface area (Å²) in [4.78, 5) is 14.4. The predicted molar refractivity (Wildman–Crippen MR) is 80.1 cm³/mol. The van der Waals surface area contributed by atoms with Gasteiger partial charge in [0, 0.05) is 31.8 Å². The molecule has 1 saturated carbocycles. The second-order valence-corrected chi connectivity index (χ2v) is 5.58. The third-order valence-electron chi connectivity index (χ3n) is 3.78. The molecule has 20 heavy (non-hydrogen) atoms. The highest BCUT2D eigenvalue weighted by molar-refractivity contribution is 5.77. The van der Waals surface area contributed by atoms with E-state index in [9.17, 15) is 4.79 Å². The van der Waals surface area contributed by atoms with E-state index in [0.29, 0.717) is 19.0 Å². The summed E-state index contributed by atoms with van der Waals surface area (Å²) in [5.41, 5.74) is 7.65. The highest BCUT2D eigenvalue weighted by Crippen LogP contribution is 2.29. The third kappa shape index (κ3) is 4.23. The van der Waals surface area contributed by atoms with Gasteiger partial charge in [0.15, 0.2) is 0 Å². The third-order valence-corrected chi connectivity index (χ3v) is 3.78. The van der Waals surface area contributed by atoms with Crippen LogP contribution in [0.5, 0.6) is 0 Å². The Kier molecular flexibility index (Phi) is 5.01. The van der Waals surface area contributed by atoms with Gasteiger partial charge in [-0.2, -0.15) is 0 Å². The fraction of sp³-hybridized carbons (Fsp3) is 0.562. The van der Waals surface area contributed by atoms with E-state index in [-0.39, 0.29) is 12.0 Å². The lowest BCUT2D eigenvalue weighted by Gasteiger charge is -2.23. The van der Waals surface area contributed by atoms with Gasteiger partial charge in [-0.1, -0.05) is 12.1 Å². The molecule has 0 bridgehead atoms. The number of methoxy groups -OCH3 is 1. The molecule has 4 nitrogen and oxygen atoms in total. The Morgan fingerprint density at radius 3 is 2.85 bits per heavy atom. The molecule has 1 aliphatic carbocycles. The Balaban J connectivity index is 1.95. The first-order valence-electron chi connectivity index (χ1n) is 7.27. The van der Waals surface area contributed by atoms with E-state index in [1.54, 1.807) is 7.11 Å². The molecule has 1 fully saturated rings. The second kappa shape index (κ2) is 6.75. The van der Waals surface area contributed by atoms with Crippen LogP contribution in [0.1, 0.15) is 38.2 Å². The van der Waals surface area contributed by atoms with Crippen LogP contribution >= 0.6 is 0 Å². The molecule has 0 spiro atoms. The second-order valence-electron chi connectivity index (χ2n) is 5.58. The predicted octanol–water partition coefficient (Wildman–Crippen LogP) is 2.57. The molecule has 110 valence electrons. The smallest absolute Gasteiger partial charge is 0.223 e. The van der Waals surface area contributed by atoms with Gasteiger partial charge in [0.05, 0.1) is 6.10 Å². The van der Waals surface area contributed by atoms with E-state index in [4.69, 9.17) is 10.5 Å². The number of anilines is 1. The molecule has 1 atom stereocenters. The molecule has 2 rings (SSSR count). The van der Waals surface area contributed by atoms with Crippen molar-refractivity contribution in [2.75, 3.05) is 12.8 Å². The molecule has 4 heteroatoms. The molecule has 1 amide bonds. The van der Waals surface area contributed by atoms with Crippen LogP contribution < -0.4 is 5.73 Å². The van der Waals surface area contributed by atoms with Crippen molar-refractivity contribution in [2.45, 2.75) is 51.3 Å². The van der Waals surface area contributed by atoms with Crippen molar-refractivity contribution in [3.8, 4) is 0 Å². The summed E-state index contributed by atoms with van der Waals surface area (Å²) in [5.74, 6) is 0.221. The maximum absolute atomic E-state index is 12.4. The van der Waals surface area contributed by atoms with Gasteiger partial charge >= 0.3 is 0 Å². The Hall–Kier alpha value is -1.55. The molecular formula is C16H24N2O2. The summed E-state index contributed by atoms with van der Waals surface area (Å²) in [6.45, 7) is 2.66. The fourth-order valence-corrected chi connectivity index (χ4v) is 2.28. The van der Waals surface area contributed by atoms with Crippen LogP contribution in [0.15, 0.2) is 24.3 Å². The average Bonchev–Trinajstić information content (AvgIpc) is 3.26. The lowest BCUT2D eigenvalue weighted by molar-refractivity contribution is -0.133. The topological polar surface area (TPSA) is 55.6 Å². The van der Waals surface area contributed by atoms with Crippen LogP contribution in [0.25, 0.3) is 0 Å². The number of amides is 1. The van der Waals surface area contributed by atoms with Crippen molar-refractivity contribution in [3.05, 3.63) is 29.8 Å². The van der Waals surface area contributed by atoms with Gasteiger partial charge in [0.25, 0.3) is 0 Å². The average molecular weight is 276 g/mol. The number of nitrogens with two attached hydrogens (primary N) is 1. The van der Waals surface area contributed by atoms with Gasteiger partial charge in [0.2, 0.25) is 5.91 Å². The molecule has 0 aliphatic heterocycles. The maximum atomic E-state index is 12.4. The molecule has 1 aromatic rings. The quantitative estimate of drug-likeness (QED) is 0.779. The first kappa shape index (κ1) is 14.9. The molecule has 2 N–H and O–H groups in total. The first-order valence-corrected chi connectivity index (χ1v) is 7.27. The molecule has 1 aromatic carbocycles. The summed E-state index contributed by atoms with van der Waals surface area (Å²) >= 11 is 0. The van der Waals surface area contributed by atoms with Crippen LogP contribution in [0.4, 0.5) is 5.69 Å². The lowest BCUT2D eigenvalue weighted by Crippen LogP contribution is -2.33. The number of nitrogens with zero attached hydrogens (tertiary/aromatic N) is 1. The minimum Gasteiger partial charge on any atom is -0.399 e. The molecular weight excluding hydrogens is 252 g/mol. The maximum Gasteiger partial charge on any atom is 0.223 e. The number of hydrogen-bond acceptors (Lipinski definition) is 3. The van der Waals surface area contributed by atoms with E-state index in [2.05, 4.69) is 0 Å². The standard InChI is InChI=1S/C16H24N2O2/c1-12(20-2)6-9-16(19)18(15-7-8-15)11-13-4-3-5-14(17)10-13/h3-5,10,12,15H,6-9,11,17H2,1-2H3. The van der Waals surface area contributed by atoms with Crippen molar-refractivity contribution in [1.82, 2.24) is 4.90 Å². The summed E-state index contributed by atoms with van der Waals surface area (Å²) in [7, 11) is 1.68. The normalized spacial score (nSPS) is 15.9. The zero-order valence-corrected chi connectivity index (χ0v) is 12.3. The van der Waals surface area contributed by atoms with Crippen molar-refractivity contribution in [1.29, 1.82) is 0 Å². The van der Waals surface area contributed by atoms with E-state index in [1.165, 1.54) is 0 Å². The number of hydrogen-bond donors (Lipinski definition) is 1. The van der Waals surface area contributed by atoms with Gasteiger partial charge in [-0.25, -0.2) is 0 Å². The van der Waals surface area contributed by atoms with Gasteiger partial charge < -0.3 is 15.4 Å².